The maximum Gasteiger partial charge on any atom is 0.320 e. The summed E-state index contributed by atoms with van der Waals surface area (Å²) in [7, 11) is 2.49. The summed E-state index contributed by atoms with van der Waals surface area (Å²) < 4.78 is 13.7. The van der Waals surface area contributed by atoms with Gasteiger partial charge in [0, 0.05) is 6.42 Å². The van der Waals surface area contributed by atoms with Crippen LogP contribution in [0, 0.1) is 5.92 Å². The Balaban J connectivity index is 4.25. The number of methoxy groups -OCH3 is 2. The molecule has 0 saturated heterocycles. The predicted octanol–water partition coefficient (Wildman–Crippen LogP) is 0.682. The van der Waals surface area contributed by atoms with Gasteiger partial charge in [0.25, 0.3) is 0 Å². The van der Waals surface area contributed by atoms with Crippen molar-refractivity contribution < 1.29 is 28.6 Å². The highest BCUT2D eigenvalue weighted by Crippen LogP contribution is 2.13. The summed E-state index contributed by atoms with van der Waals surface area (Å²) in [6, 6.07) is 0. The van der Waals surface area contributed by atoms with Crippen LogP contribution in [0.3, 0.4) is 0 Å². The molecule has 98 valence electrons. The van der Waals surface area contributed by atoms with Gasteiger partial charge < -0.3 is 14.2 Å². The molecule has 0 heterocycles. The Kier molecular flexibility index (Phi) is 7.75. The third-order valence-corrected chi connectivity index (χ3v) is 2.16. The maximum absolute atomic E-state index is 11.4. The van der Waals surface area contributed by atoms with Crippen molar-refractivity contribution in [3.63, 3.8) is 0 Å². The molecule has 0 radical (unpaired) electrons. The first-order valence-corrected chi connectivity index (χ1v) is 5.38. The van der Waals surface area contributed by atoms with Gasteiger partial charge in [0.2, 0.25) is 0 Å². The lowest BCUT2D eigenvalue weighted by molar-refractivity contribution is -0.161. The Morgan fingerprint density at radius 1 is 1.06 bits per heavy atom. The first-order valence-electron chi connectivity index (χ1n) is 5.38. The zero-order chi connectivity index (χ0) is 13.3. The fourth-order valence-electron chi connectivity index (χ4n) is 1.27. The van der Waals surface area contributed by atoms with Crippen LogP contribution in [0.5, 0.6) is 0 Å². The van der Waals surface area contributed by atoms with E-state index < -0.39 is 17.9 Å². The third kappa shape index (κ3) is 5.89. The van der Waals surface area contributed by atoms with Crippen LogP contribution in [0.1, 0.15) is 26.2 Å². The SMILES string of the molecule is CCOC(=O)C(CCCC(=O)OC)C(=O)OC. The van der Waals surface area contributed by atoms with Crippen LogP contribution in [0.25, 0.3) is 0 Å². The topological polar surface area (TPSA) is 78.9 Å². The van der Waals surface area contributed by atoms with E-state index >= 15 is 0 Å². The minimum absolute atomic E-state index is 0.156. The van der Waals surface area contributed by atoms with Gasteiger partial charge in [-0.1, -0.05) is 0 Å². The number of rotatable bonds is 7. The van der Waals surface area contributed by atoms with Crippen molar-refractivity contribution in [1.82, 2.24) is 0 Å². The Labute approximate surface area is 100 Å². The summed E-state index contributed by atoms with van der Waals surface area (Å²) >= 11 is 0. The summed E-state index contributed by atoms with van der Waals surface area (Å²) in [6.07, 6.45) is 0.731. The highest BCUT2D eigenvalue weighted by Gasteiger charge is 2.28. The van der Waals surface area contributed by atoms with E-state index in [1.165, 1.54) is 14.2 Å². The van der Waals surface area contributed by atoms with E-state index in [0.717, 1.165) is 0 Å². The average Bonchev–Trinajstić information content (AvgIpc) is 2.33. The van der Waals surface area contributed by atoms with Gasteiger partial charge in [-0.05, 0) is 19.8 Å². The van der Waals surface area contributed by atoms with E-state index in [9.17, 15) is 14.4 Å². The molecule has 0 saturated carbocycles. The summed E-state index contributed by atoms with van der Waals surface area (Å²) in [4.78, 5) is 33.7. The minimum atomic E-state index is -0.968. The molecule has 6 heteroatoms. The Morgan fingerprint density at radius 2 is 1.71 bits per heavy atom. The van der Waals surface area contributed by atoms with E-state index in [0.29, 0.717) is 6.42 Å². The van der Waals surface area contributed by atoms with Gasteiger partial charge in [0.1, 0.15) is 0 Å². The van der Waals surface area contributed by atoms with Gasteiger partial charge >= 0.3 is 17.9 Å². The predicted molar refractivity (Wildman–Crippen MR) is 58.0 cm³/mol. The molecule has 0 aliphatic heterocycles. The number of carbonyl (C=O) groups is 3. The molecule has 0 aliphatic rings. The Morgan fingerprint density at radius 3 is 2.18 bits per heavy atom. The van der Waals surface area contributed by atoms with Gasteiger partial charge in [-0.15, -0.1) is 0 Å². The van der Waals surface area contributed by atoms with E-state index in [2.05, 4.69) is 9.47 Å². The van der Waals surface area contributed by atoms with Crippen molar-refractivity contribution in [2.75, 3.05) is 20.8 Å². The van der Waals surface area contributed by atoms with Crippen molar-refractivity contribution in [2.24, 2.45) is 5.92 Å². The average molecular weight is 246 g/mol. The second-order valence-electron chi connectivity index (χ2n) is 3.30. The maximum atomic E-state index is 11.4. The standard InChI is InChI=1S/C11H18O6/c1-4-17-11(14)8(10(13)16-3)6-5-7-9(12)15-2/h8H,4-7H2,1-3H3. The molecule has 17 heavy (non-hydrogen) atoms. The number of esters is 3. The lowest BCUT2D eigenvalue weighted by Crippen LogP contribution is -2.27. The largest absolute Gasteiger partial charge is 0.469 e. The van der Waals surface area contributed by atoms with Gasteiger partial charge in [0.05, 0.1) is 20.8 Å². The summed E-state index contributed by atoms with van der Waals surface area (Å²) in [6.45, 7) is 1.85. The first kappa shape index (κ1) is 15.4. The van der Waals surface area contributed by atoms with E-state index in [4.69, 9.17) is 4.74 Å². The molecule has 6 nitrogen and oxygen atoms in total. The normalized spacial score (nSPS) is 11.5. The fraction of sp³-hybridized carbons (Fsp3) is 0.727. The summed E-state index contributed by atoms with van der Waals surface area (Å²) in [5.74, 6) is -2.61. The molecule has 0 spiro atoms. The second-order valence-corrected chi connectivity index (χ2v) is 3.30. The second kappa shape index (κ2) is 8.55. The Hall–Kier alpha value is -1.59. The van der Waals surface area contributed by atoms with Gasteiger partial charge in [0.15, 0.2) is 5.92 Å². The molecule has 0 bridgehead atoms. The van der Waals surface area contributed by atoms with Crippen LogP contribution >= 0.6 is 0 Å². The summed E-state index contributed by atoms with van der Waals surface area (Å²) in [5.41, 5.74) is 0. The van der Waals surface area contributed by atoms with Gasteiger partial charge in [-0.2, -0.15) is 0 Å². The van der Waals surface area contributed by atoms with Crippen molar-refractivity contribution in [3.05, 3.63) is 0 Å². The van der Waals surface area contributed by atoms with Crippen molar-refractivity contribution >= 4 is 17.9 Å². The van der Waals surface area contributed by atoms with Crippen LogP contribution in [0.4, 0.5) is 0 Å². The molecule has 0 amide bonds. The zero-order valence-corrected chi connectivity index (χ0v) is 10.4. The molecular formula is C11H18O6. The van der Waals surface area contributed by atoms with Gasteiger partial charge in [-0.25, -0.2) is 0 Å². The third-order valence-electron chi connectivity index (χ3n) is 2.16. The zero-order valence-electron chi connectivity index (χ0n) is 10.4. The summed E-state index contributed by atoms with van der Waals surface area (Å²) in [5, 5.41) is 0. The van der Waals surface area contributed by atoms with Crippen LogP contribution in [-0.4, -0.2) is 38.7 Å². The number of ether oxygens (including phenoxy) is 3. The lowest BCUT2D eigenvalue weighted by Gasteiger charge is -2.12. The Bertz CT molecular complexity index is 273. The van der Waals surface area contributed by atoms with Crippen LogP contribution in [-0.2, 0) is 28.6 Å². The van der Waals surface area contributed by atoms with Crippen molar-refractivity contribution in [3.8, 4) is 0 Å². The number of hydrogen-bond acceptors (Lipinski definition) is 6. The first-order chi connectivity index (χ1) is 8.06. The molecule has 0 N–H and O–H groups in total. The fourth-order valence-corrected chi connectivity index (χ4v) is 1.27. The van der Waals surface area contributed by atoms with E-state index in [1.807, 2.05) is 0 Å². The molecule has 0 fully saturated rings. The lowest BCUT2D eigenvalue weighted by atomic mass is 10.0. The van der Waals surface area contributed by atoms with Crippen LogP contribution in [0.2, 0.25) is 0 Å². The van der Waals surface area contributed by atoms with E-state index in [1.54, 1.807) is 6.92 Å². The highest BCUT2D eigenvalue weighted by molar-refractivity contribution is 5.94. The molecule has 0 aliphatic carbocycles. The molecule has 1 unspecified atom stereocenters. The molecular weight excluding hydrogens is 228 g/mol. The molecule has 0 rings (SSSR count). The van der Waals surface area contributed by atoms with Crippen LogP contribution < -0.4 is 0 Å². The van der Waals surface area contributed by atoms with Crippen molar-refractivity contribution in [2.45, 2.75) is 26.2 Å². The quantitative estimate of drug-likeness (QED) is 0.373. The molecule has 1 atom stereocenters. The molecule has 0 aromatic rings. The van der Waals surface area contributed by atoms with Crippen molar-refractivity contribution in [1.29, 1.82) is 0 Å². The van der Waals surface area contributed by atoms with Crippen LogP contribution in [0.15, 0.2) is 0 Å². The minimum Gasteiger partial charge on any atom is -0.469 e. The monoisotopic (exact) mass is 246 g/mol. The number of carbonyl (C=O) groups excluding carboxylic acids is 3. The molecule has 0 aromatic carbocycles. The van der Waals surface area contributed by atoms with Gasteiger partial charge in [-0.3, -0.25) is 14.4 Å². The highest BCUT2D eigenvalue weighted by atomic mass is 16.5. The molecule has 0 aromatic heterocycles. The smallest absolute Gasteiger partial charge is 0.320 e. The van der Waals surface area contributed by atoms with E-state index in [-0.39, 0.29) is 25.4 Å². The number of hydrogen-bond donors (Lipinski definition) is 0.